The molecule has 0 N–H and O–H groups in total. The van der Waals surface area contributed by atoms with Crippen molar-refractivity contribution in [3.63, 3.8) is 0 Å². The molecule has 0 saturated carbocycles. The van der Waals surface area contributed by atoms with Crippen molar-refractivity contribution in [1.29, 1.82) is 0 Å². The second kappa shape index (κ2) is 10.5. The average molecular weight is 543 g/mol. The number of Topliss-reactive ketones (excluding diaryl/α,β-unsaturated/α-hetero) is 1. The molecule has 0 aliphatic carbocycles. The van der Waals surface area contributed by atoms with Crippen LogP contribution in [-0.2, 0) is 22.1 Å². The summed E-state index contributed by atoms with van der Waals surface area (Å²) in [5.41, 5.74) is -1.70. The van der Waals surface area contributed by atoms with Crippen LogP contribution < -0.4 is 0 Å². The largest absolute Gasteiger partial charge is 0.444 e. The number of halogens is 3. The number of piperidine rings is 1. The Morgan fingerprint density at radius 2 is 1.89 bits per heavy atom. The van der Waals surface area contributed by atoms with Gasteiger partial charge in [-0.15, -0.1) is 11.8 Å². The third kappa shape index (κ3) is 6.44. The van der Waals surface area contributed by atoms with Crippen LogP contribution in [0.2, 0.25) is 0 Å². The summed E-state index contributed by atoms with van der Waals surface area (Å²) in [5.74, 6) is -0.811. The lowest BCUT2D eigenvalue weighted by atomic mass is 9.92. The van der Waals surface area contributed by atoms with Crippen molar-refractivity contribution in [2.75, 3.05) is 13.1 Å². The van der Waals surface area contributed by atoms with Gasteiger partial charge in [0.1, 0.15) is 5.60 Å². The number of fused-ring (bicyclic) bond motifs is 1. The van der Waals surface area contributed by atoms with Gasteiger partial charge in [-0.2, -0.15) is 13.2 Å². The van der Waals surface area contributed by atoms with Crippen LogP contribution in [0.3, 0.4) is 0 Å². The minimum atomic E-state index is -4.75. The molecular weight excluding hydrogens is 505 g/mol. The Hall–Kier alpha value is -2.23. The van der Waals surface area contributed by atoms with Gasteiger partial charge in [0.15, 0.2) is 5.78 Å². The van der Waals surface area contributed by atoms with Crippen LogP contribution in [0.25, 0.3) is 0 Å². The second-order valence-corrected chi connectivity index (χ2v) is 12.9. The normalized spacial score (nSPS) is 22.6. The number of hydrogen-bond donors (Lipinski definition) is 0. The molecule has 0 radical (unpaired) electrons. The van der Waals surface area contributed by atoms with E-state index < -0.39 is 51.7 Å². The molecule has 2 amide bonds. The van der Waals surface area contributed by atoms with Crippen molar-refractivity contribution in [2.24, 2.45) is 0 Å². The average Bonchev–Trinajstić information content (AvgIpc) is 2.77. The summed E-state index contributed by atoms with van der Waals surface area (Å²) in [6, 6.07) is 1.41. The summed E-state index contributed by atoms with van der Waals surface area (Å²) < 4.78 is 47.4. The zero-order valence-corrected chi connectivity index (χ0v) is 23.4. The lowest BCUT2D eigenvalue weighted by Gasteiger charge is -2.42. The molecule has 206 valence electrons. The van der Waals surface area contributed by atoms with Gasteiger partial charge in [0, 0.05) is 30.4 Å². The fraction of sp³-hybridized carbons (Fsp3) is 0.667. The Labute approximate surface area is 221 Å². The van der Waals surface area contributed by atoms with E-state index >= 15 is 0 Å². The molecule has 2 atom stereocenters. The van der Waals surface area contributed by atoms with Gasteiger partial charge in [0.25, 0.3) is 5.91 Å². The van der Waals surface area contributed by atoms with Crippen molar-refractivity contribution in [2.45, 2.75) is 108 Å². The first-order chi connectivity index (χ1) is 17.0. The summed E-state index contributed by atoms with van der Waals surface area (Å²) in [6.07, 6.45) is -3.62. The van der Waals surface area contributed by atoms with Gasteiger partial charge in [-0.25, -0.2) is 4.79 Å². The predicted molar refractivity (Wildman–Crippen MR) is 137 cm³/mol. The molecule has 2 aliphatic heterocycles. The van der Waals surface area contributed by atoms with Crippen molar-refractivity contribution >= 4 is 29.5 Å². The van der Waals surface area contributed by atoms with E-state index in [1.54, 1.807) is 41.5 Å². The van der Waals surface area contributed by atoms with Gasteiger partial charge in [0.2, 0.25) is 0 Å². The van der Waals surface area contributed by atoms with Gasteiger partial charge in [-0.1, -0.05) is 6.92 Å². The molecule has 0 bridgehead atoms. The highest BCUT2D eigenvalue weighted by molar-refractivity contribution is 8.01. The summed E-state index contributed by atoms with van der Waals surface area (Å²) in [7, 11) is 0. The van der Waals surface area contributed by atoms with Crippen LogP contribution in [0.1, 0.15) is 89.2 Å². The fourth-order valence-corrected chi connectivity index (χ4v) is 6.09. The first-order valence-corrected chi connectivity index (χ1v) is 13.6. The fourth-order valence-electron chi connectivity index (χ4n) is 4.83. The maximum Gasteiger partial charge on any atom is 0.417 e. The first kappa shape index (κ1) is 29.3. The van der Waals surface area contributed by atoms with E-state index in [0.717, 1.165) is 17.8 Å². The number of amides is 2. The molecular formula is C27H37F3N2O4S. The number of ether oxygens (including phenoxy) is 1. The second-order valence-electron chi connectivity index (χ2n) is 11.3. The molecule has 1 fully saturated rings. The van der Waals surface area contributed by atoms with E-state index in [1.807, 2.05) is 6.92 Å². The maximum atomic E-state index is 14.2. The number of alkyl halides is 3. The van der Waals surface area contributed by atoms with E-state index in [4.69, 9.17) is 4.74 Å². The molecule has 1 saturated heterocycles. The highest BCUT2D eigenvalue weighted by Crippen LogP contribution is 2.46. The molecule has 3 rings (SSSR count). The zero-order valence-electron chi connectivity index (χ0n) is 22.6. The Balaban J connectivity index is 1.99. The number of carbonyl (C=O) groups is 3. The Morgan fingerprint density at radius 3 is 2.43 bits per heavy atom. The number of thioether (sulfide) groups is 1. The molecule has 6 nitrogen and oxygen atoms in total. The Morgan fingerprint density at radius 1 is 1.24 bits per heavy atom. The van der Waals surface area contributed by atoms with Crippen LogP contribution in [0.4, 0.5) is 18.0 Å². The number of nitrogens with zero attached hydrogens (tertiary/aromatic N) is 2. The smallest absolute Gasteiger partial charge is 0.417 e. The quantitative estimate of drug-likeness (QED) is 0.444. The summed E-state index contributed by atoms with van der Waals surface area (Å²) >= 11 is 1.14. The van der Waals surface area contributed by atoms with Crippen LogP contribution in [0.5, 0.6) is 0 Å². The van der Waals surface area contributed by atoms with Crippen LogP contribution in [0.15, 0.2) is 17.0 Å². The van der Waals surface area contributed by atoms with E-state index in [2.05, 4.69) is 0 Å². The Kier molecular flexibility index (Phi) is 8.32. The van der Waals surface area contributed by atoms with E-state index in [0.29, 0.717) is 36.3 Å². The topological polar surface area (TPSA) is 66.9 Å². The summed E-state index contributed by atoms with van der Waals surface area (Å²) in [5, 5.41) is 0. The van der Waals surface area contributed by atoms with Crippen LogP contribution in [0, 0.1) is 0 Å². The highest BCUT2D eigenvalue weighted by Gasteiger charge is 2.43. The van der Waals surface area contributed by atoms with Crippen LogP contribution >= 0.6 is 11.8 Å². The standard InChI is InChI=1S/C27H37F3N2O4S/c1-8-26(7)22(33)13-17-12-19(20(27(28,29)30)14-21(17)37-26)23(34)32(16(2)3)18-10-9-11-31(15-18)24(35)36-25(4,5)6/h12,14,16,18H,8-11,13,15H2,1-7H3/t18-,26?/m1/s1. The van der Waals surface area contributed by atoms with E-state index in [9.17, 15) is 27.6 Å². The Bertz CT molecular complexity index is 1070. The molecule has 0 spiro atoms. The van der Waals surface area contributed by atoms with Gasteiger partial charge in [0.05, 0.1) is 21.9 Å². The van der Waals surface area contributed by atoms with Gasteiger partial charge >= 0.3 is 12.3 Å². The van der Waals surface area contributed by atoms with Gasteiger partial charge in [-0.3, -0.25) is 9.59 Å². The molecule has 37 heavy (non-hydrogen) atoms. The van der Waals surface area contributed by atoms with Gasteiger partial charge in [-0.05, 0) is 78.5 Å². The third-order valence-electron chi connectivity index (χ3n) is 6.92. The molecule has 10 heteroatoms. The summed E-state index contributed by atoms with van der Waals surface area (Å²) in [4.78, 5) is 42.6. The van der Waals surface area contributed by atoms with Crippen molar-refractivity contribution in [3.8, 4) is 0 Å². The van der Waals surface area contributed by atoms with E-state index in [1.165, 1.54) is 15.9 Å². The van der Waals surface area contributed by atoms with Gasteiger partial charge < -0.3 is 14.5 Å². The number of carbonyl (C=O) groups excluding carboxylic acids is 3. The monoisotopic (exact) mass is 542 g/mol. The predicted octanol–water partition coefficient (Wildman–Crippen LogP) is 6.34. The highest BCUT2D eigenvalue weighted by atomic mass is 32.2. The molecule has 2 heterocycles. The SMILES string of the molecule is CCC1(C)Sc2cc(C(F)(F)F)c(C(=O)N(C(C)C)[C@@H]3CCCN(C(=O)OC(C)(C)C)C3)cc2CC1=O. The zero-order chi connectivity index (χ0) is 27.9. The van der Waals surface area contributed by atoms with Crippen LogP contribution in [-0.4, -0.2) is 63.1 Å². The lowest BCUT2D eigenvalue weighted by Crippen LogP contribution is -2.54. The number of benzene rings is 1. The van der Waals surface area contributed by atoms with Crippen molar-refractivity contribution in [1.82, 2.24) is 9.80 Å². The molecule has 2 aliphatic rings. The number of likely N-dealkylation sites (tertiary alicyclic amines) is 1. The minimum absolute atomic E-state index is 0.0113. The maximum absolute atomic E-state index is 14.2. The molecule has 1 aromatic carbocycles. The lowest BCUT2D eigenvalue weighted by molar-refractivity contribution is -0.138. The number of rotatable bonds is 4. The molecule has 1 unspecified atom stereocenters. The molecule has 1 aromatic rings. The minimum Gasteiger partial charge on any atom is -0.444 e. The summed E-state index contributed by atoms with van der Waals surface area (Å²) in [6.45, 7) is 13.0. The molecule has 0 aromatic heterocycles. The first-order valence-electron chi connectivity index (χ1n) is 12.7. The number of ketones is 1. The van der Waals surface area contributed by atoms with Crippen molar-refractivity contribution < 1.29 is 32.3 Å². The van der Waals surface area contributed by atoms with E-state index in [-0.39, 0.29) is 18.7 Å². The van der Waals surface area contributed by atoms with Crippen molar-refractivity contribution in [3.05, 3.63) is 28.8 Å². The third-order valence-corrected chi connectivity index (χ3v) is 8.49. The number of hydrogen-bond acceptors (Lipinski definition) is 5.